The summed E-state index contributed by atoms with van der Waals surface area (Å²) in [5.74, 6) is 0.181. The van der Waals surface area contributed by atoms with Crippen LogP contribution >= 0.6 is 35.0 Å². The van der Waals surface area contributed by atoms with Crippen LogP contribution in [0.2, 0.25) is 10.0 Å². The zero-order valence-electron chi connectivity index (χ0n) is 16.1. The lowest BCUT2D eigenvalue weighted by Crippen LogP contribution is -2.33. The fourth-order valence-corrected chi connectivity index (χ4v) is 4.63. The van der Waals surface area contributed by atoms with Crippen LogP contribution in [0, 0.1) is 0 Å². The Morgan fingerprint density at radius 3 is 2.23 bits per heavy atom. The van der Waals surface area contributed by atoms with Crippen LogP contribution in [0.4, 0.5) is 0 Å². The molecular weight excluding hydrogens is 439 g/mol. The van der Waals surface area contributed by atoms with E-state index in [0.29, 0.717) is 20.8 Å². The van der Waals surface area contributed by atoms with Crippen molar-refractivity contribution in [1.29, 1.82) is 0 Å². The summed E-state index contributed by atoms with van der Waals surface area (Å²) in [7, 11) is 1.82. The number of benzene rings is 2. The average molecular weight is 457 g/mol. The number of carbonyl (C=O) groups is 1. The summed E-state index contributed by atoms with van der Waals surface area (Å²) in [4.78, 5) is 14.9. The Hall–Kier alpha value is -2.54. The highest BCUT2D eigenvalue weighted by atomic mass is 35.5. The Morgan fingerprint density at radius 1 is 1.03 bits per heavy atom. The number of nitrogens with zero attached hydrogens (tertiary/aromatic N) is 4. The van der Waals surface area contributed by atoms with Gasteiger partial charge in [-0.05, 0) is 17.2 Å². The van der Waals surface area contributed by atoms with Gasteiger partial charge in [0.05, 0.1) is 21.8 Å². The van der Waals surface area contributed by atoms with Gasteiger partial charge in [0.15, 0.2) is 10.8 Å². The van der Waals surface area contributed by atoms with Crippen molar-refractivity contribution in [3.63, 3.8) is 0 Å². The van der Waals surface area contributed by atoms with Crippen LogP contribution in [0.25, 0.3) is 5.65 Å². The van der Waals surface area contributed by atoms with Gasteiger partial charge in [-0.3, -0.25) is 9.20 Å². The van der Waals surface area contributed by atoms with E-state index < -0.39 is 0 Å². The maximum atomic E-state index is 13.1. The Labute approximate surface area is 188 Å². The fraction of sp³-hybridized carbons (Fsp3) is 0.136. The molecule has 0 atom stereocenters. The molecule has 0 spiro atoms. The molecule has 4 aromatic rings. The van der Waals surface area contributed by atoms with Crippen molar-refractivity contribution in [2.24, 2.45) is 0 Å². The van der Waals surface area contributed by atoms with E-state index in [4.69, 9.17) is 23.2 Å². The summed E-state index contributed by atoms with van der Waals surface area (Å²) in [5.41, 5.74) is 2.61. The number of halogens is 2. The normalized spacial score (nSPS) is 11.2. The minimum Gasteiger partial charge on any atom is -0.334 e. The van der Waals surface area contributed by atoms with Gasteiger partial charge >= 0.3 is 0 Å². The molecule has 0 aliphatic rings. The molecule has 30 heavy (non-hydrogen) atoms. The molecular formula is C22H18Cl2N4OS. The molecule has 4 rings (SSSR count). The first kappa shape index (κ1) is 20.7. The minimum absolute atomic E-state index is 0.0254. The van der Waals surface area contributed by atoms with Crippen LogP contribution in [0.5, 0.6) is 0 Å². The Kier molecular flexibility index (Phi) is 6.27. The predicted octanol–water partition coefficient (Wildman–Crippen LogP) is 5.38. The first-order valence-electron chi connectivity index (χ1n) is 9.22. The van der Waals surface area contributed by atoms with Crippen molar-refractivity contribution in [3.05, 3.63) is 94.1 Å². The smallest absolute Gasteiger partial charge is 0.233 e. The quantitative estimate of drug-likeness (QED) is 0.365. The molecule has 0 bridgehead atoms. The molecule has 152 valence electrons. The van der Waals surface area contributed by atoms with Gasteiger partial charge < -0.3 is 4.90 Å². The number of amides is 1. The van der Waals surface area contributed by atoms with Crippen LogP contribution in [0.3, 0.4) is 0 Å². The van der Waals surface area contributed by atoms with Crippen LogP contribution in [0.15, 0.2) is 78.1 Å². The highest BCUT2D eigenvalue weighted by Crippen LogP contribution is 2.29. The number of aromatic nitrogens is 3. The maximum absolute atomic E-state index is 13.1. The topological polar surface area (TPSA) is 50.5 Å². The number of pyridine rings is 1. The summed E-state index contributed by atoms with van der Waals surface area (Å²) >= 11 is 13.6. The summed E-state index contributed by atoms with van der Waals surface area (Å²) in [6, 6.07) is 21.4. The molecule has 5 nitrogen and oxygen atoms in total. The first-order chi connectivity index (χ1) is 14.5. The lowest BCUT2D eigenvalue weighted by atomic mass is 9.97. The molecule has 0 fully saturated rings. The second-order valence-corrected chi connectivity index (χ2v) is 8.49. The third kappa shape index (κ3) is 4.31. The van der Waals surface area contributed by atoms with E-state index in [1.165, 1.54) is 11.8 Å². The molecule has 0 aliphatic carbocycles. The highest BCUT2D eigenvalue weighted by Gasteiger charge is 2.24. The molecule has 2 aromatic heterocycles. The summed E-state index contributed by atoms with van der Waals surface area (Å²) in [6.07, 6.45) is 1.69. The van der Waals surface area contributed by atoms with Crippen LogP contribution in [-0.4, -0.2) is 38.2 Å². The van der Waals surface area contributed by atoms with E-state index in [2.05, 4.69) is 10.2 Å². The van der Waals surface area contributed by atoms with Crippen molar-refractivity contribution in [2.45, 2.75) is 11.2 Å². The number of fused-ring (bicyclic) bond motifs is 1. The second-order valence-electron chi connectivity index (χ2n) is 6.70. The number of hydrogen-bond acceptors (Lipinski definition) is 4. The van der Waals surface area contributed by atoms with E-state index in [1.54, 1.807) is 21.6 Å². The van der Waals surface area contributed by atoms with Gasteiger partial charge in [-0.15, -0.1) is 10.2 Å². The maximum Gasteiger partial charge on any atom is 0.233 e. The Bertz CT molecular complexity index is 1130. The average Bonchev–Trinajstić information content (AvgIpc) is 3.17. The van der Waals surface area contributed by atoms with Gasteiger partial charge in [0, 0.05) is 13.2 Å². The van der Waals surface area contributed by atoms with Gasteiger partial charge in [0.2, 0.25) is 5.91 Å². The Morgan fingerprint density at radius 2 is 1.63 bits per heavy atom. The van der Waals surface area contributed by atoms with Crippen molar-refractivity contribution < 1.29 is 4.79 Å². The standard InChI is InChI=1S/C22H18Cl2N4OS/c1-27(20(15-8-4-2-5-9-15)16-10-6-3-7-11-16)19(29)14-30-22-26-25-21-18(24)12-17(23)13-28(21)22/h2-13,20H,14H2,1H3. The zero-order valence-corrected chi connectivity index (χ0v) is 18.4. The molecule has 0 unspecified atom stereocenters. The molecule has 0 saturated heterocycles. The molecule has 2 heterocycles. The van der Waals surface area contributed by atoms with Gasteiger partial charge in [0.1, 0.15) is 0 Å². The van der Waals surface area contributed by atoms with Crippen LogP contribution in [0.1, 0.15) is 17.2 Å². The minimum atomic E-state index is -0.181. The van der Waals surface area contributed by atoms with Crippen LogP contribution < -0.4 is 0 Å². The summed E-state index contributed by atoms with van der Waals surface area (Å²) < 4.78 is 1.70. The zero-order chi connectivity index (χ0) is 21.1. The highest BCUT2D eigenvalue weighted by molar-refractivity contribution is 7.99. The molecule has 1 amide bonds. The van der Waals surface area contributed by atoms with E-state index in [1.807, 2.05) is 67.7 Å². The summed E-state index contributed by atoms with van der Waals surface area (Å²) in [6.45, 7) is 0. The molecule has 2 aromatic carbocycles. The third-order valence-electron chi connectivity index (χ3n) is 4.73. The van der Waals surface area contributed by atoms with Gasteiger partial charge in [-0.25, -0.2) is 0 Å². The van der Waals surface area contributed by atoms with Crippen molar-refractivity contribution in [1.82, 2.24) is 19.5 Å². The van der Waals surface area contributed by atoms with Crippen molar-refractivity contribution >= 4 is 46.5 Å². The molecule has 0 aliphatic heterocycles. The van der Waals surface area contributed by atoms with Gasteiger partial charge in [0.25, 0.3) is 0 Å². The monoisotopic (exact) mass is 456 g/mol. The Balaban J connectivity index is 1.56. The van der Waals surface area contributed by atoms with Crippen molar-refractivity contribution in [3.8, 4) is 0 Å². The number of rotatable bonds is 6. The summed E-state index contributed by atoms with van der Waals surface area (Å²) in [5, 5.41) is 9.70. The lowest BCUT2D eigenvalue weighted by molar-refractivity contribution is -0.128. The molecule has 8 heteroatoms. The van der Waals surface area contributed by atoms with E-state index in [9.17, 15) is 4.79 Å². The van der Waals surface area contributed by atoms with E-state index >= 15 is 0 Å². The van der Waals surface area contributed by atoms with Gasteiger partial charge in [-0.2, -0.15) is 0 Å². The SMILES string of the molecule is CN(C(=O)CSc1nnc2c(Cl)cc(Cl)cn12)C(c1ccccc1)c1ccccc1. The molecule has 0 saturated carbocycles. The third-order valence-corrected chi connectivity index (χ3v) is 6.14. The molecule has 0 N–H and O–H groups in total. The van der Waals surface area contributed by atoms with Crippen molar-refractivity contribution in [2.75, 3.05) is 12.8 Å². The largest absolute Gasteiger partial charge is 0.334 e. The fourth-order valence-electron chi connectivity index (χ4n) is 3.28. The van der Waals surface area contributed by atoms with E-state index in [-0.39, 0.29) is 17.7 Å². The van der Waals surface area contributed by atoms with Crippen LogP contribution in [-0.2, 0) is 4.79 Å². The second kappa shape index (κ2) is 9.08. The molecule has 0 radical (unpaired) electrons. The first-order valence-corrected chi connectivity index (χ1v) is 11.0. The number of carbonyl (C=O) groups excluding carboxylic acids is 1. The van der Waals surface area contributed by atoms with Gasteiger partial charge in [-0.1, -0.05) is 95.6 Å². The lowest BCUT2D eigenvalue weighted by Gasteiger charge is -2.29. The number of hydrogen-bond donors (Lipinski definition) is 0. The number of thioether (sulfide) groups is 1. The predicted molar refractivity (Wildman–Crippen MR) is 121 cm³/mol. The van der Waals surface area contributed by atoms with E-state index in [0.717, 1.165) is 11.1 Å².